The van der Waals surface area contributed by atoms with Gasteiger partial charge in [-0.25, -0.2) is 4.98 Å². The lowest BCUT2D eigenvalue weighted by atomic mass is 10.2. The van der Waals surface area contributed by atoms with E-state index in [1.807, 2.05) is 30.3 Å². The molecule has 0 bridgehead atoms. The molecule has 0 aliphatic carbocycles. The number of Topliss-reactive ketones (excluding diaryl/α,β-unsaturated/α-hetero) is 1. The van der Waals surface area contributed by atoms with Gasteiger partial charge in [0.15, 0.2) is 11.4 Å². The number of halogens is 1. The van der Waals surface area contributed by atoms with Crippen molar-refractivity contribution >= 4 is 28.4 Å². The summed E-state index contributed by atoms with van der Waals surface area (Å²) < 4.78 is 1.62. The maximum absolute atomic E-state index is 11.2. The van der Waals surface area contributed by atoms with Crippen LogP contribution in [-0.4, -0.2) is 20.5 Å². The van der Waals surface area contributed by atoms with E-state index >= 15 is 0 Å². The molecule has 1 aromatic carbocycles. The van der Waals surface area contributed by atoms with Crippen LogP contribution in [-0.2, 0) is 13.6 Å². The lowest BCUT2D eigenvalue weighted by Gasteiger charge is -2.00. The maximum Gasteiger partial charge on any atom is 0.162 e. The average Bonchev–Trinajstić information content (AvgIpc) is 2.91. The summed E-state index contributed by atoms with van der Waals surface area (Å²) in [5, 5.41) is 5.15. The lowest BCUT2D eigenvalue weighted by molar-refractivity contribution is 0.101. The van der Waals surface area contributed by atoms with Crippen LogP contribution in [0.3, 0.4) is 0 Å². The topological polar surface area (TPSA) is 73.8 Å². The van der Waals surface area contributed by atoms with E-state index in [2.05, 4.69) is 10.1 Å². The Morgan fingerprint density at radius 3 is 2.50 bits per heavy atom. The normalized spacial score (nSPS) is 10.2. The number of nitrogens with zero attached hydrogens (tertiary/aromatic N) is 3. The van der Waals surface area contributed by atoms with Gasteiger partial charge in [-0.1, -0.05) is 41.9 Å². The van der Waals surface area contributed by atoms with Crippen LogP contribution < -0.4 is 5.73 Å². The van der Waals surface area contributed by atoms with Gasteiger partial charge in [-0.3, -0.25) is 9.48 Å². The molecule has 3 aromatic rings. The number of rotatable bonds is 2. The minimum Gasteiger partial charge on any atom is -0.326 e. The molecule has 0 aliphatic heterocycles. The molecule has 2 aromatic heterocycles. The summed E-state index contributed by atoms with van der Waals surface area (Å²) in [4.78, 5) is 15.3. The second-order valence-corrected chi connectivity index (χ2v) is 5.12. The van der Waals surface area contributed by atoms with Gasteiger partial charge in [0, 0.05) is 19.8 Å². The molecule has 114 valence electrons. The minimum absolute atomic E-state index is 0.0896. The molecule has 0 fully saturated rings. The van der Waals surface area contributed by atoms with Gasteiger partial charge in [-0.05, 0) is 12.5 Å². The Bertz CT molecular complexity index is 783. The molecule has 0 saturated heterocycles. The standard InChI is InChI=1S/C9H8ClN3O.C7H9N/c1-5(14)6-3-11-9-7(8(6)10)4-12-13(9)2;8-6-7-4-2-1-3-5-7/h3-4H,1-2H3;1-5H,6,8H2. The quantitative estimate of drug-likeness (QED) is 0.738. The van der Waals surface area contributed by atoms with Crippen molar-refractivity contribution in [2.75, 3.05) is 0 Å². The number of nitrogens with two attached hydrogens (primary N) is 1. The number of pyridine rings is 1. The molecule has 0 spiro atoms. The number of hydrogen-bond acceptors (Lipinski definition) is 4. The van der Waals surface area contributed by atoms with Gasteiger partial charge in [0.1, 0.15) is 0 Å². The summed E-state index contributed by atoms with van der Waals surface area (Å²) in [6, 6.07) is 9.99. The third-order valence-electron chi connectivity index (χ3n) is 3.15. The van der Waals surface area contributed by atoms with Gasteiger partial charge in [0.05, 0.1) is 22.2 Å². The zero-order valence-electron chi connectivity index (χ0n) is 12.5. The molecule has 2 heterocycles. The van der Waals surface area contributed by atoms with E-state index < -0.39 is 0 Å². The van der Waals surface area contributed by atoms with Crippen molar-refractivity contribution in [3.8, 4) is 0 Å². The second kappa shape index (κ2) is 7.15. The fourth-order valence-corrected chi connectivity index (χ4v) is 2.24. The SMILES string of the molecule is CC(=O)c1cnc2c(cnn2C)c1Cl.NCc1ccccc1. The van der Waals surface area contributed by atoms with Crippen molar-refractivity contribution in [3.63, 3.8) is 0 Å². The summed E-state index contributed by atoms with van der Waals surface area (Å²) in [5.41, 5.74) is 7.66. The van der Waals surface area contributed by atoms with E-state index in [1.54, 1.807) is 17.9 Å². The maximum atomic E-state index is 11.2. The predicted octanol–water partition coefficient (Wildman–Crippen LogP) is 2.97. The molecule has 5 nitrogen and oxygen atoms in total. The molecule has 0 atom stereocenters. The molecule has 0 radical (unpaired) electrons. The Morgan fingerprint density at radius 1 is 1.27 bits per heavy atom. The molecule has 0 amide bonds. The third-order valence-corrected chi connectivity index (χ3v) is 3.56. The van der Waals surface area contributed by atoms with Crippen molar-refractivity contribution in [1.29, 1.82) is 0 Å². The van der Waals surface area contributed by atoms with Crippen LogP contribution in [0, 0.1) is 0 Å². The highest BCUT2D eigenvalue weighted by Crippen LogP contribution is 2.25. The Hall–Kier alpha value is -2.24. The van der Waals surface area contributed by atoms with Crippen LogP contribution in [0.4, 0.5) is 0 Å². The number of aryl methyl sites for hydroxylation is 1. The third kappa shape index (κ3) is 3.50. The Labute approximate surface area is 133 Å². The number of carbonyl (C=O) groups excluding carboxylic acids is 1. The zero-order chi connectivity index (χ0) is 16.1. The highest BCUT2D eigenvalue weighted by molar-refractivity contribution is 6.38. The highest BCUT2D eigenvalue weighted by atomic mass is 35.5. The first-order chi connectivity index (χ1) is 10.5. The first kappa shape index (κ1) is 16.1. The van der Waals surface area contributed by atoms with Gasteiger partial charge in [0.25, 0.3) is 0 Å². The Kier molecular flexibility index (Phi) is 5.25. The number of fused-ring (bicyclic) bond motifs is 1. The molecule has 0 saturated carbocycles. The van der Waals surface area contributed by atoms with Crippen LogP contribution >= 0.6 is 11.6 Å². The van der Waals surface area contributed by atoms with Crippen molar-refractivity contribution < 1.29 is 4.79 Å². The van der Waals surface area contributed by atoms with E-state index in [4.69, 9.17) is 17.3 Å². The monoisotopic (exact) mass is 316 g/mol. The first-order valence-electron chi connectivity index (χ1n) is 6.75. The number of aromatic nitrogens is 3. The van der Waals surface area contributed by atoms with Crippen molar-refractivity contribution in [2.45, 2.75) is 13.5 Å². The number of hydrogen-bond donors (Lipinski definition) is 1. The average molecular weight is 317 g/mol. The summed E-state index contributed by atoms with van der Waals surface area (Å²) in [5.74, 6) is -0.0896. The van der Waals surface area contributed by atoms with Gasteiger partial charge in [-0.2, -0.15) is 5.10 Å². The largest absolute Gasteiger partial charge is 0.326 e. The van der Waals surface area contributed by atoms with E-state index in [1.165, 1.54) is 18.7 Å². The summed E-state index contributed by atoms with van der Waals surface area (Å²) >= 11 is 6.04. The minimum atomic E-state index is -0.0896. The van der Waals surface area contributed by atoms with Gasteiger partial charge in [0.2, 0.25) is 0 Å². The van der Waals surface area contributed by atoms with Crippen molar-refractivity contribution in [2.24, 2.45) is 12.8 Å². The van der Waals surface area contributed by atoms with E-state index in [0.29, 0.717) is 28.2 Å². The molecule has 0 unspecified atom stereocenters. The Morgan fingerprint density at radius 2 is 1.95 bits per heavy atom. The van der Waals surface area contributed by atoms with Gasteiger partial charge >= 0.3 is 0 Å². The van der Waals surface area contributed by atoms with Crippen molar-refractivity contribution in [1.82, 2.24) is 14.8 Å². The second-order valence-electron chi connectivity index (χ2n) is 4.74. The van der Waals surface area contributed by atoms with E-state index in [9.17, 15) is 4.79 Å². The molecular weight excluding hydrogens is 300 g/mol. The molecule has 0 aliphatic rings. The smallest absolute Gasteiger partial charge is 0.162 e. The molecule has 22 heavy (non-hydrogen) atoms. The van der Waals surface area contributed by atoms with Crippen LogP contribution in [0.1, 0.15) is 22.8 Å². The fraction of sp³-hybridized carbons (Fsp3) is 0.188. The van der Waals surface area contributed by atoms with Crippen molar-refractivity contribution in [3.05, 3.63) is 58.9 Å². The lowest BCUT2D eigenvalue weighted by Crippen LogP contribution is -1.97. The molecule has 6 heteroatoms. The van der Waals surface area contributed by atoms with Crippen LogP contribution in [0.15, 0.2) is 42.7 Å². The summed E-state index contributed by atoms with van der Waals surface area (Å²) in [7, 11) is 1.78. The number of ketones is 1. The van der Waals surface area contributed by atoms with E-state index in [0.717, 1.165) is 0 Å². The molecule has 2 N–H and O–H groups in total. The molecule has 3 rings (SSSR count). The Balaban J connectivity index is 0.000000188. The highest BCUT2D eigenvalue weighted by Gasteiger charge is 2.12. The van der Waals surface area contributed by atoms with Gasteiger partial charge < -0.3 is 5.73 Å². The van der Waals surface area contributed by atoms with Crippen LogP contribution in [0.2, 0.25) is 5.02 Å². The molecular formula is C16H17ClN4O. The predicted molar refractivity (Wildman–Crippen MR) is 87.9 cm³/mol. The number of benzene rings is 1. The van der Waals surface area contributed by atoms with Crippen LogP contribution in [0.25, 0.3) is 11.0 Å². The first-order valence-corrected chi connectivity index (χ1v) is 7.13. The van der Waals surface area contributed by atoms with Crippen LogP contribution in [0.5, 0.6) is 0 Å². The van der Waals surface area contributed by atoms with E-state index in [-0.39, 0.29) is 5.78 Å². The summed E-state index contributed by atoms with van der Waals surface area (Å²) in [6.07, 6.45) is 3.09. The fourth-order valence-electron chi connectivity index (χ4n) is 1.93. The summed E-state index contributed by atoms with van der Waals surface area (Å²) in [6.45, 7) is 2.10. The van der Waals surface area contributed by atoms with Gasteiger partial charge in [-0.15, -0.1) is 0 Å². The zero-order valence-corrected chi connectivity index (χ0v) is 13.2. The number of carbonyl (C=O) groups is 1.